The first-order chi connectivity index (χ1) is 30.1. The van der Waals surface area contributed by atoms with Crippen LogP contribution in [0.2, 0.25) is 0 Å². The maximum Gasteiger partial charge on any atom is 0.362 e. The molecule has 0 heterocycles. The molecule has 8 heteroatoms. The fraction of sp³-hybridized carbons (Fsp3) is 0.944. The number of hydrogen-bond acceptors (Lipinski definition) is 6. The zero-order valence-corrected chi connectivity index (χ0v) is 42.1. The Morgan fingerprint density at radius 3 is 1.00 bits per heavy atom. The number of aliphatic carboxylic acids is 1. The smallest absolute Gasteiger partial charge is 0.362 e. The fourth-order valence-corrected chi connectivity index (χ4v) is 8.57. The molecule has 2 atom stereocenters. The number of carbonyl (C=O) groups excluding carboxylic acids is 2. The molecule has 0 aromatic heterocycles. The molecule has 0 bridgehead atoms. The van der Waals surface area contributed by atoms with Crippen LogP contribution in [0.3, 0.4) is 0 Å². The topological polar surface area (TPSA) is 99.1 Å². The van der Waals surface area contributed by atoms with Crippen LogP contribution in [0.5, 0.6) is 0 Å². The highest BCUT2D eigenvalue weighted by atomic mass is 16.6. The van der Waals surface area contributed by atoms with Crippen molar-refractivity contribution in [1.29, 1.82) is 0 Å². The highest BCUT2D eigenvalue weighted by Crippen LogP contribution is 2.18. The first kappa shape index (κ1) is 60.3. The van der Waals surface area contributed by atoms with Crippen molar-refractivity contribution < 1.29 is 38.2 Å². The number of esters is 2. The number of rotatable bonds is 50. The number of unbranched alkanes of at least 4 members (excludes halogenated alkanes) is 36. The van der Waals surface area contributed by atoms with Crippen molar-refractivity contribution in [2.24, 2.45) is 0 Å². The number of carbonyl (C=O) groups is 3. The predicted octanol–water partition coefficient (Wildman–Crippen LogP) is 15.7. The van der Waals surface area contributed by atoms with Crippen LogP contribution in [0.4, 0.5) is 0 Å². The Morgan fingerprint density at radius 2 is 0.710 bits per heavy atom. The summed E-state index contributed by atoms with van der Waals surface area (Å²) in [6.07, 6.45) is 50.2. The third-order valence-corrected chi connectivity index (χ3v) is 12.8. The van der Waals surface area contributed by atoms with E-state index in [1.165, 1.54) is 205 Å². The van der Waals surface area contributed by atoms with Crippen LogP contribution in [-0.4, -0.2) is 80.6 Å². The second-order valence-corrected chi connectivity index (χ2v) is 19.9. The molecule has 0 saturated carbocycles. The molecule has 0 aliphatic rings. The summed E-state index contributed by atoms with van der Waals surface area (Å²) in [7, 11) is 5.55. The van der Waals surface area contributed by atoms with E-state index in [0.717, 1.165) is 38.5 Å². The Balaban J connectivity index is 4.10. The average molecular weight is 881 g/mol. The lowest BCUT2D eigenvalue weighted by atomic mass is 10.0. The van der Waals surface area contributed by atoms with E-state index in [-0.39, 0.29) is 36.2 Å². The molecule has 0 aromatic carbocycles. The molecular weight excluding hydrogens is 775 g/mol. The van der Waals surface area contributed by atoms with Crippen LogP contribution in [0, 0.1) is 0 Å². The largest absolute Gasteiger partial charge is 0.477 e. The molecule has 8 nitrogen and oxygen atoms in total. The van der Waals surface area contributed by atoms with Crippen molar-refractivity contribution in [2.45, 2.75) is 289 Å². The number of quaternary nitrogens is 1. The lowest BCUT2D eigenvalue weighted by Crippen LogP contribution is -2.50. The average Bonchev–Trinajstić information content (AvgIpc) is 3.23. The third-order valence-electron chi connectivity index (χ3n) is 12.8. The van der Waals surface area contributed by atoms with E-state index in [4.69, 9.17) is 14.2 Å². The van der Waals surface area contributed by atoms with Crippen molar-refractivity contribution >= 4 is 17.9 Å². The Hall–Kier alpha value is -1.67. The number of ether oxygens (including phenoxy) is 3. The molecule has 0 aliphatic heterocycles. The SMILES string of the molecule is CCCCCCCCCCCCCCCCCCCCCCCCCCC(=O)OC(COCCC(C(=O)O)[N+](C)(C)C)COC(=O)CCCCCCCCCCCCCCCC. The molecule has 0 aliphatic carbocycles. The molecular formula is C54H106NO7+. The van der Waals surface area contributed by atoms with Crippen LogP contribution >= 0.6 is 0 Å². The zero-order valence-electron chi connectivity index (χ0n) is 42.1. The molecule has 2 unspecified atom stereocenters. The minimum atomic E-state index is -0.868. The van der Waals surface area contributed by atoms with Crippen LogP contribution in [0.15, 0.2) is 0 Å². The lowest BCUT2D eigenvalue weighted by molar-refractivity contribution is -0.887. The predicted molar refractivity (Wildman–Crippen MR) is 262 cm³/mol. The summed E-state index contributed by atoms with van der Waals surface area (Å²) < 4.78 is 17.4. The number of carboxylic acids is 1. The van der Waals surface area contributed by atoms with Gasteiger partial charge in [0.25, 0.3) is 0 Å². The summed E-state index contributed by atoms with van der Waals surface area (Å²) in [6, 6.07) is -0.609. The summed E-state index contributed by atoms with van der Waals surface area (Å²) in [5.41, 5.74) is 0. The van der Waals surface area contributed by atoms with Crippen molar-refractivity contribution in [1.82, 2.24) is 0 Å². The molecule has 0 spiro atoms. The van der Waals surface area contributed by atoms with Gasteiger partial charge in [-0.15, -0.1) is 0 Å². The van der Waals surface area contributed by atoms with E-state index < -0.39 is 18.1 Å². The van der Waals surface area contributed by atoms with Crippen LogP contribution in [0.1, 0.15) is 277 Å². The molecule has 0 rings (SSSR count). The lowest BCUT2D eigenvalue weighted by Gasteiger charge is -2.31. The first-order valence-corrected chi connectivity index (χ1v) is 27.1. The van der Waals surface area contributed by atoms with Gasteiger partial charge in [0.2, 0.25) is 0 Å². The zero-order chi connectivity index (χ0) is 45.6. The fourth-order valence-electron chi connectivity index (χ4n) is 8.57. The van der Waals surface area contributed by atoms with Crippen molar-refractivity contribution in [3.05, 3.63) is 0 Å². The Labute approximate surface area is 385 Å². The van der Waals surface area contributed by atoms with Gasteiger partial charge in [0, 0.05) is 19.3 Å². The van der Waals surface area contributed by atoms with Gasteiger partial charge in [-0.1, -0.05) is 245 Å². The molecule has 0 saturated heterocycles. The summed E-state index contributed by atoms with van der Waals surface area (Å²) in [6.45, 7) is 4.80. The van der Waals surface area contributed by atoms with E-state index in [1.54, 1.807) is 0 Å². The second kappa shape index (κ2) is 45.9. The number of likely N-dealkylation sites (N-methyl/N-ethyl adjacent to an activating group) is 1. The van der Waals surface area contributed by atoms with Crippen molar-refractivity contribution in [3.63, 3.8) is 0 Å². The van der Waals surface area contributed by atoms with Gasteiger partial charge in [0.05, 0.1) is 34.4 Å². The Kier molecular flexibility index (Phi) is 44.6. The van der Waals surface area contributed by atoms with Crippen LogP contribution in [-0.2, 0) is 28.6 Å². The van der Waals surface area contributed by atoms with Gasteiger partial charge in [-0.3, -0.25) is 9.59 Å². The van der Waals surface area contributed by atoms with E-state index >= 15 is 0 Å². The normalized spacial score (nSPS) is 12.7. The van der Waals surface area contributed by atoms with Gasteiger partial charge < -0.3 is 23.8 Å². The van der Waals surface area contributed by atoms with Gasteiger partial charge in [-0.25, -0.2) is 4.79 Å². The van der Waals surface area contributed by atoms with Gasteiger partial charge in [-0.2, -0.15) is 0 Å². The molecule has 0 amide bonds. The summed E-state index contributed by atoms with van der Waals surface area (Å²) in [5, 5.41) is 9.65. The van der Waals surface area contributed by atoms with E-state index in [0.29, 0.717) is 19.3 Å². The van der Waals surface area contributed by atoms with E-state index in [1.807, 2.05) is 21.1 Å². The highest BCUT2D eigenvalue weighted by molar-refractivity contribution is 5.72. The summed E-state index contributed by atoms with van der Waals surface area (Å²) in [4.78, 5) is 37.2. The van der Waals surface area contributed by atoms with Crippen molar-refractivity contribution in [2.75, 3.05) is 41.0 Å². The van der Waals surface area contributed by atoms with Gasteiger partial charge in [0.1, 0.15) is 6.61 Å². The Morgan fingerprint density at radius 1 is 0.419 bits per heavy atom. The van der Waals surface area contributed by atoms with Gasteiger partial charge in [0.15, 0.2) is 12.1 Å². The van der Waals surface area contributed by atoms with Crippen molar-refractivity contribution in [3.8, 4) is 0 Å². The third kappa shape index (κ3) is 43.6. The second-order valence-electron chi connectivity index (χ2n) is 19.9. The quantitative estimate of drug-likeness (QED) is 0.0369. The van der Waals surface area contributed by atoms with Crippen LogP contribution in [0.25, 0.3) is 0 Å². The van der Waals surface area contributed by atoms with Gasteiger partial charge >= 0.3 is 17.9 Å². The minimum absolute atomic E-state index is 0.0414. The van der Waals surface area contributed by atoms with Crippen LogP contribution < -0.4 is 0 Å². The summed E-state index contributed by atoms with van der Waals surface area (Å²) >= 11 is 0. The van der Waals surface area contributed by atoms with E-state index in [9.17, 15) is 19.5 Å². The van der Waals surface area contributed by atoms with Gasteiger partial charge in [-0.05, 0) is 12.8 Å². The molecule has 0 aromatic rings. The number of hydrogen-bond donors (Lipinski definition) is 1. The first-order valence-electron chi connectivity index (χ1n) is 27.1. The standard InChI is InChI=1S/C54H105NO7/c1-6-8-10-12-14-16-18-20-22-23-24-25-26-27-28-29-30-31-33-35-37-39-41-43-45-53(57)62-50(48-60-47-46-51(54(58)59)55(3,4)5)49-61-52(56)44-42-40-38-36-34-32-21-19-17-15-13-11-9-7-2/h50-51H,6-49H2,1-5H3/p+1. The minimum Gasteiger partial charge on any atom is -0.477 e. The highest BCUT2D eigenvalue weighted by Gasteiger charge is 2.31. The maximum absolute atomic E-state index is 12.8. The molecule has 1 N–H and O–H groups in total. The Bertz CT molecular complexity index is 982. The maximum atomic E-state index is 12.8. The number of nitrogens with zero attached hydrogens (tertiary/aromatic N) is 1. The summed E-state index contributed by atoms with van der Waals surface area (Å²) in [5.74, 6) is -1.44. The number of carboxylic acid groups (broad SMARTS) is 1. The van der Waals surface area contributed by atoms with E-state index in [2.05, 4.69) is 13.8 Å². The monoisotopic (exact) mass is 881 g/mol. The molecule has 62 heavy (non-hydrogen) atoms. The molecule has 368 valence electrons. The molecule has 0 radical (unpaired) electrons. The molecule has 0 fully saturated rings.